The Hall–Kier alpha value is -2.28. The summed E-state index contributed by atoms with van der Waals surface area (Å²) < 4.78 is 16.1. The third-order valence-electron chi connectivity index (χ3n) is 4.21. The maximum Gasteiger partial charge on any atom is 0.264 e. The highest BCUT2D eigenvalue weighted by atomic mass is 16.6. The van der Waals surface area contributed by atoms with Crippen LogP contribution in [0.3, 0.4) is 0 Å². The number of hydrogen-bond acceptors (Lipinski definition) is 6. The van der Waals surface area contributed by atoms with Crippen LogP contribution in [-0.2, 0) is 14.4 Å². The second-order valence-electron chi connectivity index (χ2n) is 5.78. The van der Waals surface area contributed by atoms with Crippen molar-refractivity contribution < 1.29 is 23.8 Å². The zero-order valence-corrected chi connectivity index (χ0v) is 13.9. The highest BCUT2D eigenvalue weighted by molar-refractivity contribution is 6.06. The van der Waals surface area contributed by atoms with E-state index in [1.165, 1.54) is 0 Å². The van der Waals surface area contributed by atoms with Gasteiger partial charge in [-0.1, -0.05) is 5.16 Å². The summed E-state index contributed by atoms with van der Waals surface area (Å²) in [5.74, 6) is 1.18. The summed E-state index contributed by atoms with van der Waals surface area (Å²) in [6.07, 6.45) is 1.89. The number of nitrogens with zero attached hydrogens (tertiary/aromatic N) is 1. The van der Waals surface area contributed by atoms with E-state index in [2.05, 4.69) is 10.5 Å². The van der Waals surface area contributed by atoms with Gasteiger partial charge < -0.3 is 24.4 Å². The molecule has 3 rings (SSSR count). The number of carbonyl (C=O) groups excluding carboxylic acids is 1. The van der Waals surface area contributed by atoms with Crippen molar-refractivity contribution in [3.63, 3.8) is 0 Å². The Bertz CT molecular complexity index is 625. The molecular formula is C17H22N2O5. The number of hydrogen-bond donors (Lipinski definition) is 1. The zero-order chi connectivity index (χ0) is 16.9. The lowest BCUT2D eigenvalue weighted by molar-refractivity contribution is -0.131. The molecule has 0 radical (unpaired) electrons. The van der Waals surface area contributed by atoms with Gasteiger partial charge in [-0.2, -0.15) is 0 Å². The molecule has 0 aliphatic carbocycles. The van der Waals surface area contributed by atoms with E-state index in [4.69, 9.17) is 19.0 Å². The van der Waals surface area contributed by atoms with Crippen LogP contribution in [0.1, 0.15) is 24.8 Å². The Labute approximate surface area is 140 Å². The standard InChI is InChI=1S/C17H22N2O5/c1-21-11-5-6-15(22-2)13(8-11)14-9-16(24-19-14)17(20)18-10-12-4-3-7-23-12/h5-6,8,12,16H,3-4,7,9-10H2,1-2H3,(H,18,20)/t12-,16+/m0/s1. The van der Waals surface area contributed by atoms with Crippen LogP contribution in [0, 0.1) is 0 Å². The predicted molar refractivity (Wildman–Crippen MR) is 87.6 cm³/mol. The third kappa shape index (κ3) is 3.62. The SMILES string of the molecule is COc1ccc(OC)c(C2=NO[C@@H](C(=O)NC[C@@H]3CCCO3)C2)c1. The first-order chi connectivity index (χ1) is 11.7. The van der Waals surface area contributed by atoms with Crippen molar-refractivity contribution in [1.29, 1.82) is 0 Å². The first-order valence-electron chi connectivity index (χ1n) is 8.05. The molecule has 2 aliphatic rings. The van der Waals surface area contributed by atoms with E-state index in [1.807, 2.05) is 18.2 Å². The lowest BCUT2D eigenvalue weighted by Gasteiger charge is -2.13. The fraction of sp³-hybridized carbons (Fsp3) is 0.529. The van der Waals surface area contributed by atoms with Gasteiger partial charge in [0, 0.05) is 25.1 Å². The first kappa shape index (κ1) is 16.6. The van der Waals surface area contributed by atoms with Gasteiger partial charge in [0.1, 0.15) is 11.5 Å². The molecule has 130 valence electrons. The number of oxime groups is 1. The van der Waals surface area contributed by atoms with E-state index in [9.17, 15) is 4.79 Å². The highest BCUT2D eigenvalue weighted by Crippen LogP contribution is 2.28. The van der Waals surface area contributed by atoms with Gasteiger partial charge in [-0.3, -0.25) is 4.79 Å². The van der Waals surface area contributed by atoms with Crippen molar-refractivity contribution in [2.75, 3.05) is 27.4 Å². The van der Waals surface area contributed by atoms with Crippen molar-refractivity contribution in [3.05, 3.63) is 23.8 Å². The maximum absolute atomic E-state index is 12.2. The lowest BCUT2D eigenvalue weighted by Crippen LogP contribution is -2.39. The van der Waals surface area contributed by atoms with E-state index < -0.39 is 6.10 Å². The van der Waals surface area contributed by atoms with E-state index >= 15 is 0 Å². The summed E-state index contributed by atoms with van der Waals surface area (Å²) in [5.41, 5.74) is 1.44. The zero-order valence-electron chi connectivity index (χ0n) is 13.9. The molecular weight excluding hydrogens is 312 g/mol. The van der Waals surface area contributed by atoms with Crippen LogP contribution >= 0.6 is 0 Å². The van der Waals surface area contributed by atoms with Crippen LogP contribution in [0.25, 0.3) is 0 Å². The van der Waals surface area contributed by atoms with Gasteiger partial charge >= 0.3 is 0 Å². The normalized spacial score (nSPS) is 22.7. The van der Waals surface area contributed by atoms with E-state index in [0.29, 0.717) is 30.2 Å². The number of carbonyl (C=O) groups is 1. The number of methoxy groups -OCH3 is 2. The second kappa shape index (κ2) is 7.53. The quantitative estimate of drug-likeness (QED) is 0.853. The summed E-state index contributed by atoms with van der Waals surface area (Å²) in [4.78, 5) is 17.5. The second-order valence-corrected chi connectivity index (χ2v) is 5.78. The molecule has 1 saturated heterocycles. The van der Waals surface area contributed by atoms with Crippen LogP contribution in [0.4, 0.5) is 0 Å². The third-order valence-corrected chi connectivity index (χ3v) is 4.21. The molecule has 1 amide bonds. The monoisotopic (exact) mass is 334 g/mol. The fourth-order valence-electron chi connectivity index (χ4n) is 2.85. The molecule has 1 aromatic carbocycles. The predicted octanol–water partition coefficient (Wildman–Crippen LogP) is 1.49. The molecule has 1 fully saturated rings. The van der Waals surface area contributed by atoms with Gasteiger partial charge in [0.05, 0.1) is 26.0 Å². The van der Waals surface area contributed by atoms with E-state index in [1.54, 1.807) is 14.2 Å². The van der Waals surface area contributed by atoms with Crippen molar-refractivity contribution in [2.24, 2.45) is 5.16 Å². The summed E-state index contributed by atoms with van der Waals surface area (Å²) >= 11 is 0. The minimum absolute atomic E-state index is 0.106. The molecule has 0 bridgehead atoms. The van der Waals surface area contributed by atoms with Crippen LogP contribution in [-0.4, -0.2) is 51.2 Å². The maximum atomic E-state index is 12.2. The lowest BCUT2D eigenvalue weighted by atomic mass is 10.0. The molecule has 24 heavy (non-hydrogen) atoms. The number of nitrogens with one attached hydrogen (secondary N) is 1. The van der Waals surface area contributed by atoms with Gasteiger partial charge in [0.15, 0.2) is 0 Å². The highest BCUT2D eigenvalue weighted by Gasteiger charge is 2.31. The Morgan fingerprint density at radius 2 is 2.25 bits per heavy atom. The smallest absolute Gasteiger partial charge is 0.264 e. The van der Waals surface area contributed by atoms with Crippen molar-refractivity contribution in [1.82, 2.24) is 5.32 Å². The Morgan fingerprint density at radius 1 is 1.38 bits per heavy atom. The van der Waals surface area contributed by atoms with Crippen molar-refractivity contribution >= 4 is 11.6 Å². The number of amides is 1. The minimum atomic E-state index is -0.627. The van der Waals surface area contributed by atoms with Crippen LogP contribution < -0.4 is 14.8 Å². The molecule has 2 heterocycles. The number of benzene rings is 1. The van der Waals surface area contributed by atoms with Gasteiger partial charge in [0.2, 0.25) is 6.10 Å². The van der Waals surface area contributed by atoms with E-state index in [-0.39, 0.29) is 12.0 Å². The molecule has 1 N–H and O–H groups in total. The van der Waals surface area contributed by atoms with Crippen LogP contribution in [0.2, 0.25) is 0 Å². The molecule has 0 spiro atoms. The molecule has 2 aliphatic heterocycles. The van der Waals surface area contributed by atoms with Gasteiger partial charge in [-0.25, -0.2) is 0 Å². The number of ether oxygens (including phenoxy) is 3. The first-order valence-corrected chi connectivity index (χ1v) is 8.05. The van der Waals surface area contributed by atoms with Crippen molar-refractivity contribution in [3.8, 4) is 11.5 Å². The van der Waals surface area contributed by atoms with Gasteiger partial charge in [-0.15, -0.1) is 0 Å². The van der Waals surface area contributed by atoms with E-state index in [0.717, 1.165) is 25.0 Å². The Balaban J connectivity index is 1.61. The summed E-state index contributed by atoms with van der Waals surface area (Å²) in [7, 11) is 3.19. The molecule has 7 heteroatoms. The van der Waals surface area contributed by atoms with Gasteiger partial charge in [0.25, 0.3) is 5.91 Å². The Morgan fingerprint density at radius 3 is 2.96 bits per heavy atom. The molecule has 7 nitrogen and oxygen atoms in total. The molecule has 1 aromatic rings. The average molecular weight is 334 g/mol. The molecule has 0 saturated carbocycles. The molecule has 0 aromatic heterocycles. The molecule has 2 atom stereocenters. The fourth-order valence-corrected chi connectivity index (χ4v) is 2.85. The Kier molecular flexibility index (Phi) is 5.20. The molecule has 0 unspecified atom stereocenters. The average Bonchev–Trinajstić information content (AvgIpc) is 3.30. The summed E-state index contributed by atoms with van der Waals surface area (Å²) in [6.45, 7) is 1.28. The summed E-state index contributed by atoms with van der Waals surface area (Å²) in [6, 6.07) is 5.44. The van der Waals surface area contributed by atoms with Crippen LogP contribution in [0.5, 0.6) is 11.5 Å². The minimum Gasteiger partial charge on any atom is -0.497 e. The van der Waals surface area contributed by atoms with Gasteiger partial charge in [-0.05, 0) is 31.0 Å². The van der Waals surface area contributed by atoms with Crippen molar-refractivity contribution in [2.45, 2.75) is 31.5 Å². The number of rotatable bonds is 6. The topological polar surface area (TPSA) is 78.4 Å². The summed E-state index contributed by atoms with van der Waals surface area (Å²) in [5, 5.41) is 6.93. The largest absolute Gasteiger partial charge is 0.497 e. The van der Waals surface area contributed by atoms with Crippen LogP contribution in [0.15, 0.2) is 23.4 Å².